The second-order valence-electron chi connectivity index (χ2n) is 4.79. The van der Waals surface area contributed by atoms with E-state index in [0.29, 0.717) is 5.82 Å². The number of carbonyl (C=O) groups excluding carboxylic acids is 1. The fraction of sp³-hybridized carbons (Fsp3) is 0.312. The average molecular weight is 301 g/mol. The number of nitrogens with two attached hydrogens (primary N) is 1. The zero-order valence-electron chi connectivity index (χ0n) is 12.9. The van der Waals surface area contributed by atoms with Crippen LogP contribution in [-0.2, 0) is 11.3 Å². The fourth-order valence-corrected chi connectivity index (χ4v) is 1.89. The quantitative estimate of drug-likeness (QED) is 0.853. The molecule has 0 aliphatic heterocycles. The summed E-state index contributed by atoms with van der Waals surface area (Å²) in [5, 5.41) is 0. The summed E-state index contributed by atoms with van der Waals surface area (Å²) in [5.41, 5.74) is 8.15. The fourth-order valence-electron chi connectivity index (χ4n) is 1.89. The summed E-state index contributed by atoms with van der Waals surface area (Å²) in [6.45, 7) is 6.18. The molecular weight excluding hydrogens is 282 g/mol. The molecule has 116 valence electrons. The Morgan fingerprint density at radius 2 is 2.09 bits per heavy atom. The number of nitrogen functional groups attached to an aromatic ring is 1. The van der Waals surface area contributed by atoms with Crippen molar-refractivity contribution in [3.05, 3.63) is 46.9 Å². The lowest BCUT2D eigenvalue weighted by atomic mass is 10.1. The maximum absolute atomic E-state index is 11.6. The van der Waals surface area contributed by atoms with Crippen LogP contribution in [0.4, 0.5) is 5.82 Å². The Balaban J connectivity index is 2.09. The second kappa shape index (κ2) is 6.89. The number of aryl methyl sites for hydroxylation is 1. The summed E-state index contributed by atoms with van der Waals surface area (Å²) in [7, 11) is 0. The van der Waals surface area contributed by atoms with E-state index in [1.165, 1.54) is 6.20 Å². The highest BCUT2D eigenvalue weighted by atomic mass is 16.5. The standard InChI is InChI=1S/C16H19N3O3/c1-4-21-16(20)12-8-18-14(19-15(12)17)9-22-13-7-5-6-10(2)11(13)3/h5-8H,4,9H2,1-3H3,(H2,17,18,19). The molecule has 0 saturated carbocycles. The van der Waals surface area contributed by atoms with Gasteiger partial charge in [0.1, 0.15) is 23.7 Å². The van der Waals surface area contributed by atoms with Gasteiger partial charge in [-0.25, -0.2) is 14.8 Å². The number of hydrogen-bond acceptors (Lipinski definition) is 6. The molecule has 0 aliphatic carbocycles. The first-order valence-corrected chi connectivity index (χ1v) is 7.00. The normalized spacial score (nSPS) is 10.3. The minimum absolute atomic E-state index is 0.0908. The molecule has 0 radical (unpaired) electrons. The zero-order valence-corrected chi connectivity index (χ0v) is 12.9. The molecular formula is C16H19N3O3. The van der Waals surface area contributed by atoms with Crippen molar-refractivity contribution in [3.63, 3.8) is 0 Å². The van der Waals surface area contributed by atoms with E-state index in [1.807, 2.05) is 32.0 Å². The van der Waals surface area contributed by atoms with Gasteiger partial charge in [0.15, 0.2) is 5.82 Å². The molecule has 2 N–H and O–H groups in total. The Morgan fingerprint density at radius 3 is 2.77 bits per heavy atom. The topological polar surface area (TPSA) is 87.3 Å². The summed E-state index contributed by atoms with van der Waals surface area (Å²) < 4.78 is 10.6. The third-order valence-electron chi connectivity index (χ3n) is 3.28. The van der Waals surface area contributed by atoms with E-state index in [9.17, 15) is 4.79 Å². The van der Waals surface area contributed by atoms with Crippen LogP contribution >= 0.6 is 0 Å². The van der Waals surface area contributed by atoms with Crippen LogP contribution in [0, 0.1) is 13.8 Å². The largest absolute Gasteiger partial charge is 0.485 e. The van der Waals surface area contributed by atoms with Crippen molar-refractivity contribution in [1.82, 2.24) is 9.97 Å². The number of anilines is 1. The van der Waals surface area contributed by atoms with Gasteiger partial charge < -0.3 is 15.2 Å². The summed E-state index contributed by atoms with van der Waals surface area (Å²) in [4.78, 5) is 19.8. The SMILES string of the molecule is CCOC(=O)c1cnc(COc2cccc(C)c2C)nc1N. The van der Waals surface area contributed by atoms with E-state index < -0.39 is 5.97 Å². The first-order valence-electron chi connectivity index (χ1n) is 7.00. The number of hydrogen-bond donors (Lipinski definition) is 1. The molecule has 1 aromatic carbocycles. The highest BCUT2D eigenvalue weighted by Crippen LogP contribution is 2.21. The van der Waals surface area contributed by atoms with Crippen molar-refractivity contribution in [2.24, 2.45) is 0 Å². The van der Waals surface area contributed by atoms with Gasteiger partial charge in [0, 0.05) is 6.20 Å². The predicted octanol–water partition coefficient (Wildman–Crippen LogP) is 2.43. The molecule has 0 fully saturated rings. The van der Waals surface area contributed by atoms with Gasteiger partial charge in [0.25, 0.3) is 0 Å². The lowest BCUT2D eigenvalue weighted by molar-refractivity contribution is 0.0526. The summed E-state index contributed by atoms with van der Waals surface area (Å²) >= 11 is 0. The van der Waals surface area contributed by atoms with Crippen LogP contribution in [0.2, 0.25) is 0 Å². The van der Waals surface area contributed by atoms with Crippen molar-refractivity contribution in [2.75, 3.05) is 12.3 Å². The van der Waals surface area contributed by atoms with E-state index in [2.05, 4.69) is 9.97 Å². The van der Waals surface area contributed by atoms with E-state index in [4.69, 9.17) is 15.2 Å². The molecule has 0 aliphatic rings. The van der Waals surface area contributed by atoms with Crippen molar-refractivity contribution in [1.29, 1.82) is 0 Å². The number of nitrogens with zero attached hydrogens (tertiary/aromatic N) is 2. The van der Waals surface area contributed by atoms with Gasteiger partial charge in [-0.2, -0.15) is 0 Å². The van der Waals surface area contributed by atoms with Gasteiger partial charge in [-0.1, -0.05) is 12.1 Å². The Bertz CT molecular complexity index is 686. The Morgan fingerprint density at radius 1 is 1.32 bits per heavy atom. The van der Waals surface area contributed by atoms with Crippen LogP contribution in [-0.4, -0.2) is 22.5 Å². The minimum atomic E-state index is -0.526. The average Bonchev–Trinajstić information content (AvgIpc) is 2.49. The Hall–Kier alpha value is -2.63. The highest BCUT2D eigenvalue weighted by Gasteiger charge is 2.14. The van der Waals surface area contributed by atoms with E-state index in [1.54, 1.807) is 6.92 Å². The van der Waals surface area contributed by atoms with E-state index in [0.717, 1.165) is 16.9 Å². The van der Waals surface area contributed by atoms with Crippen LogP contribution < -0.4 is 10.5 Å². The maximum atomic E-state index is 11.6. The predicted molar refractivity (Wildman–Crippen MR) is 82.6 cm³/mol. The van der Waals surface area contributed by atoms with Gasteiger partial charge in [0.05, 0.1) is 6.61 Å². The van der Waals surface area contributed by atoms with E-state index in [-0.39, 0.29) is 24.6 Å². The molecule has 6 nitrogen and oxygen atoms in total. The number of carbonyl (C=O) groups is 1. The first kappa shape index (κ1) is 15.8. The number of esters is 1. The summed E-state index contributed by atoms with van der Waals surface area (Å²) in [6.07, 6.45) is 1.36. The van der Waals surface area contributed by atoms with Gasteiger partial charge in [-0.3, -0.25) is 0 Å². The molecule has 2 aromatic rings. The molecule has 6 heteroatoms. The van der Waals surface area contributed by atoms with Crippen LogP contribution in [0.25, 0.3) is 0 Å². The second-order valence-corrected chi connectivity index (χ2v) is 4.79. The Kier molecular flexibility index (Phi) is 4.93. The van der Waals surface area contributed by atoms with Gasteiger partial charge in [-0.05, 0) is 38.0 Å². The minimum Gasteiger partial charge on any atom is -0.485 e. The van der Waals surface area contributed by atoms with Gasteiger partial charge in [0.2, 0.25) is 0 Å². The number of benzene rings is 1. The van der Waals surface area contributed by atoms with Crippen molar-refractivity contribution >= 4 is 11.8 Å². The lowest BCUT2D eigenvalue weighted by Crippen LogP contribution is -2.12. The van der Waals surface area contributed by atoms with E-state index >= 15 is 0 Å². The highest BCUT2D eigenvalue weighted by molar-refractivity contribution is 5.93. The molecule has 1 aromatic heterocycles. The Labute approximate surface area is 129 Å². The monoisotopic (exact) mass is 301 g/mol. The molecule has 1 heterocycles. The van der Waals surface area contributed by atoms with Crippen LogP contribution in [0.3, 0.4) is 0 Å². The molecule has 0 atom stereocenters. The van der Waals surface area contributed by atoms with Crippen LogP contribution in [0.5, 0.6) is 5.75 Å². The zero-order chi connectivity index (χ0) is 16.1. The summed E-state index contributed by atoms with van der Waals surface area (Å²) in [5.74, 6) is 0.748. The van der Waals surface area contributed by atoms with Gasteiger partial charge >= 0.3 is 5.97 Å². The molecule has 22 heavy (non-hydrogen) atoms. The molecule has 0 spiro atoms. The summed E-state index contributed by atoms with van der Waals surface area (Å²) in [6, 6.07) is 5.83. The molecule has 2 rings (SSSR count). The van der Waals surface area contributed by atoms with Crippen LogP contribution in [0.15, 0.2) is 24.4 Å². The smallest absolute Gasteiger partial charge is 0.343 e. The molecule has 0 bridgehead atoms. The third kappa shape index (κ3) is 3.52. The third-order valence-corrected chi connectivity index (χ3v) is 3.28. The van der Waals surface area contributed by atoms with Crippen molar-refractivity contribution in [2.45, 2.75) is 27.4 Å². The van der Waals surface area contributed by atoms with Crippen molar-refractivity contribution in [3.8, 4) is 5.75 Å². The number of aromatic nitrogens is 2. The maximum Gasteiger partial charge on any atom is 0.343 e. The first-order chi connectivity index (χ1) is 10.5. The number of ether oxygens (including phenoxy) is 2. The molecule has 0 unspecified atom stereocenters. The van der Waals surface area contributed by atoms with Crippen molar-refractivity contribution < 1.29 is 14.3 Å². The molecule has 0 saturated heterocycles. The lowest BCUT2D eigenvalue weighted by Gasteiger charge is -2.11. The van der Waals surface area contributed by atoms with Crippen LogP contribution in [0.1, 0.15) is 34.2 Å². The number of rotatable bonds is 5. The van der Waals surface area contributed by atoms with Gasteiger partial charge in [-0.15, -0.1) is 0 Å². The molecule has 0 amide bonds.